The number of ether oxygens (including phenoxy) is 1. The third-order valence-corrected chi connectivity index (χ3v) is 5.37. The van der Waals surface area contributed by atoms with Gasteiger partial charge in [-0.05, 0) is 50.5 Å². The molecular formula is C22H24ClFN2O3. The van der Waals surface area contributed by atoms with Gasteiger partial charge in [0.1, 0.15) is 11.6 Å². The van der Waals surface area contributed by atoms with Crippen LogP contribution in [-0.2, 0) is 4.79 Å². The standard InChI is InChI=1S/C22H24ClFN2O3/c1-14-6-7-19(15(2)12-14)29-13-20(27)26-10-8-16(9-11-26)25-22(28)21-17(23)4-3-5-18(21)24/h3-7,12,16H,8-11,13H2,1-2H3,(H,25,28). The van der Waals surface area contributed by atoms with E-state index < -0.39 is 11.7 Å². The molecule has 5 nitrogen and oxygen atoms in total. The van der Waals surface area contributed by atoms with Crippen molar-refractivity contribution in [3.8, 4) is 5.75 Å². The third kappa shape index (κ3) is 5.26. The number of carbonyl (C=O) groups excluding carboxylic acids is 2. The zero-order valence-electron chi connectivity index (χ0n) is 16.5. The van der Waals surface area contributed by atoms with E-state index in [-0.39, 0.29) is 29.1 Å². The summed E-state index contributed by atoms with van der Waals surface area (Å²) in [6.45, 7) is 4.94. The first-order chi connectivity index (χ1) is 13.8. The summed E-state index contributed by atoms with van der Waals surface area (Å²) >= 11 is 5.94. The molecule has 0 radical (unpaired) electrons. The fourth-order valence-corrected chi connectivity index (χ4v) is 3.69. The molecule has 1 aliphatic rings. The van der Waals surface area contributed by atoms with Crippen LogP contribution in [0.15, 0.2) is 36.4 Å². The van der Waals surface area contributed by atoms with Crippen molar-refractivity contribution >= 4 is 23.4 Å². The molecule has 0 aliphatic carbocycles. The van der Waals surface area contributed by atoms with Crippen LogP contribution in [0.4, 0.5) is 4.39 Å². The average molecular weight is 419 g/mol. The molecule has 2 amide bonds. The summed E-state index contributed by atoms with van der Waals surface area (Å²) in [5.74, 6) is -0.568. The maximum atomic E-state index is 13.9. The Hall–Kier alpha value is -2.60. The van der Waals surface area contributed by atoms with Gasteiger partial charge in [-0.2, -0.15) is 0 Å². The number of hydrogen-bond acceptors (Lipinski definition) is 3. The summed E-state index contributed by atoms with van der Waals surface area (Å²) in [6.07, 6.45) is 1.18. The molecule has 154 valence electrons. The van der Waals surface area contributed by atoms with Crippen molar-refractivity contribution in [3.05, 3.63) is 63.9 Å². The molecule has 2 aromatic carbocycles. The van der Waals surface area contributed by atoms with Crippen LogP contribution in [-0.4, -0.2) is 42.5 Å². The Balaban J connectivity index is 1.48. The number of nitrogens with zero attached hydrogens (tertiary/aromatic N) is 1. The van der Waals surface area contributed by atoms with Crippen molar-refractivity contribution < 1.29 is 18.7 Å². The van der Waals surface area contributed by atoms with Gasteiger partial charge in [-0.1, -0.05) is 35.4 Å². The molecule has 7 heteroatoms. The molecule has 1 N–H and O–H groups in total. The van der Waals surface area contributed by atoms with Gasteiger partial charge in [-0.15, -0.1) is 0 Å². The van der Waals surface area contributed by atoms with Crippen LogP contribution in [0.5, 0.6) is 5.75 Å². The van der Waals surface area contributed by atoms with Gasteiger partial charge in [-0.25, -0.2) is 4.39 Å². The van der Waals surface area contributed by atoms with Crippen LogP contribution in [0.25, 0.3) is 0 Å². The lowest BCUT2D eigenvalue weighted by Gasteiger charge is -2.32. The number of aryl methyl sites for hydroxylation is 2. The summed E-state index contributed by atoms with van der Waals surface area (Å²) in [6, 6.07) is 9.83. The lowest BCUT2D eigenvalue weighted by molar-refractivity contribution is -0.134. The van der Waals surface area contributed by atoms with E-state index >= 15 is 0 Å². The third-order valence-electron chi connectivity index (χ3n) is 5.05. The predicted molar refractivity (Wildman–Crippen MR) is 110 cm³/mol. The number of likely N-dealkylation sites (tertiary alicyclic amines) is 1. The quantitative estimate of drug-likeness (QED) is 0.801. The van der Waals surface area contributed by atoms with Gasteiger partial charge in [0.15, 0.2) is 6.61 Å². The Morgan fingerprint density at radius 3 is 2.59 bits per heavy atom. The molecule has 0 unspecified atom stereocenters. The van der Waals surface area contributed by atoms with Gasteiger partial charge >= 0.3 is 0 Å². The molecule has 1 heterocycles. The number of piperidine rings is 1. The van der Waals surface area contributed by atoms with E-state index in [4.69, 9.17) is 16.3 Å². The van der Waals surface area contributed by atoms with E-state index in [9.17, 15) is 14.0 Å². The van der Waals surface area contributed by atoms with Gasteiger partial charge in [0.2, 0.25) is 0 Å². The highest BCUT2D eigenvalue weighted by molar-refractivity contribution is 6.33. The van der Waals surface area contributed by atoms with Gasteiger partial charge in [0, 0.05) is 19.1 Å². The van der Waals surface area contributed by atoms with Crippen molar-refractivity contribution in [1.82, 2.24) is 10.2 Å². The molecule has 3 rings (SSSR count). The minimum absolute atomic E-state index is 0.0221. The van der Waals surface area contributed by atoms with Crippen molar-refractivity contribution in [3.63, 3.8) is 0 Å². The minimum Gasteiger partial charge on any atom is -0.484 e. The van der Waals surface area contributed by atoms with Crippen LogP contribution in [0, 0.1) is 19.7 Å². The molecule has 1 fully saturated rings. The number of benzene rings is 2. The molecule has 1 saturated heterocycles. The highest BCUT2D eigenvalue weighted by Crippen LogP contribution is 2.21. The van der Waals surface area contributed by atoms with Crippen molar-refractivity contribution in [2.75, 3.05) is 19.7 Å². The van der Waals surface area contributed by atoms with Gasteiger partial charge < -0.3 is 15.0 Å². The smallest absolute Gasteiger partial charge is 0.260 e. The summed E-state index contributed by atoms with van der Waals surface area (Å²) < 4.78 is 19.6. The second-order valence-electron chi connectivity index (χ2n) is 7.28. The number of nitrogens with one attached hydrogen (secondary N) is 1. The SMILES string of the molecule is Cc1ccc(OCC(=O)N2CCC(NC(=O)c3c(F)cccc3Cl)CC2)c(C)c1. The second kappa shape index (κ2) is 9.27. The average Bonchev–Trinajstić information content (AvgIpc) is 2.67. The number of carbonyl (C=O) groups is 2. The Labute approximate surface area is 174 Å². The van der Waals surface area contributed by atoms with Crippen LogP contribution in [0.1, 0.15) is 34.3 Å². The van der Waals surface area contributed by atoms with Crippen molar-refractivity contribution in [1.29, 1.82) is 0 Å². The van der Waals surface area contributed by atoms with Gasteiger partial charge in [-0.3, -0.25) is 9.59 Å². The molecule has 0 spiro atoms. The van der Waals surface area contributed by atoms with E-state index in [0.717, 1.165) is 11.1 Å². The summed E-state index contributed by atoms with van der Waals surface area (Å²) in [7, 11) is 0. The molecule has 2 aromatic rings. The Bertz CT molecular complexity index is 891. The monoisotopic (exact) mass is 418 g/mol. The topological polar surface area (TPSA) is 58.6 Å². The maximum Gasteiger partial charge on any atom is 0.260 e. The van der Waals surface area contributed by atoms with Crippen LogP contribution in [0.3, 0.4) is 0 Å². The molecule has 29 heavy (non-hydrogen) atoms. The lowest BCUT2D eigenvalue weighted by Crippen LogP contribution is -2.47. The van der Waals surface area contributed by atoms with E-state index in [1.54, 1.807) is 4.90 Å². The first-order valence-corrected chi connectivity index (χ1v) is 9.95. The highest BCUT2D eigenvalue weighted by atomic mass is 35.5. The number of halogens is 2. The van der Waals surface area contributed by atoms with Crippen LogP contribution >= 0.6 is 11.6 Å². The molecule has 0 aromatic heterocycles. The number of rotatable bonds is 5. The largest absolute Gasteiger partial charge is 0.484 e. The summed E-state index contributed by atoms with van der Waals surface area (Å²) in [5.41, 5.74) is 1.99. The first kappa shape index (κ1) is 21.1. The Morgan fingerprint density at radius 2 is 1.93 bits per heavy atom. The van der Waals surface area contributed by atoms with Crippen molar-refractivity contribution in [2.24, 2.45) is 0 Å². The fraction of sp³-hybridized carbons (Fsp3) is 0.364. The Kier molecular flexibility index (Phi) is 6.75. The minimum atomic E-state index is -0.647. The number of hydrogen-bond donors (Lipinski definition) is 1. The van der Waals surface area contributed by atoms with E-state index in [2.05, 4.69) is 5.32 Å². The highest BCUT2D eigenvalue weighted by Gasteiger charge is 2.26. The molecule has 0 saturated carbocycles. The zero-order valence-corrected chi connectivity index (χ0v) is 17.3. The van der Waals surface area contributed by atoms with Gasteiger partial charge in [0.25, 0.3) is 11.8 Å². The first-order valence-electron chi connectivity index (χ1n) is 9.58. The normalized spacial score (nSPS) is 14.6. The number of amides is 2. The van der Waals surface area contributed by atoms with E-state index in [1.165, 1.54) is 18.2 Å². The summed E-state index contributed by atoms with van der Waals surface area (Å²) in [4.78, 5) is 26.5. The predicted octanol–water partition coefficient (Wildman–Crippen LogP) is 3.90. The van der Waals surface area contributed by atoms with Gasteiger partial charge in [0.05, 0.1) is 10.6 Å². The zero-order chi connectivity index (χ0) is 21.0. The second-order valence-corrected chi connectivity index (χ2v) is 7.69. The maximum absolute atomic E-state index is 13.9. The van der Waals surface area contributed by atoms with Crippen LogP contribution < -0.4 is 10.1 Å². The fourth-order valence-electron chi connectivity index (χ4n) is 3.44. The summed E-state index contributed by atoms with van der Waals surface area (Å²) in [5, 5.41) is 2.90. The van der Waals surface area contributed by atoms with E-state index in [0.29, 0.717) is 31.7 Å². The van der Waals surface area contributed by atoms with Crippen molar-refractivity contribution in [2.45, 2.75) is 32.7 Å². The molecule has 0 bridgehead atoms. The van der Waals surface area contributed by atoms with Crippen LogP contribution in [0.2, 0.25) is 5.02 Å². The molecule has 0 atom stereocenters. The molecular weight excluding hydrogens is 395 g/mol. The molecule has 1 aliphatic heterocycles. The lowest BCUT2D eigenvalue weighted by atomic mass is 10.0. The van der Waals surface area contributed by atoms with E-state index in [1.807, 2.05) is 32.0 Å². The Morgan fingerprint density at radius 1 is 1.21 bits per heavy atom.